The zero-order chi connectivity index (χ0) is 15.2. The van der Waals surface area contributed by atoms with Crippen LogP contribution in [0.5, 0.6) is 0 Å². The van der Waals surface area contributed by atoms with Crippen LogP contribution in [0.1, 0.15) is 21.5 Å². The number of thiophene rings is 1. The van der Waals surface area contributed by atoms with Crippen molar-refractivity contribution in [2.45, 2.75) is 13.3 Å². The Balaban J connectivity index is 1.95. The van der Waals surface area contributed by atoms with Gasteiger partial charge >= 0.3 is 12.0 Å². The normalized spacial score (nSPS) is 10.1. The number of hydrogen-bond acceptors (Lipinski definition) is 3. The van der Waals surface area contributed by atoms with Crippen LogP contribution < -0.4 is 10.6 Å². The molecule has 0 radical (unpaired) electrons. The van der Waals surface area contributed by atoms with Crippen molar-refractivity contribution in [2.75, 3.05) is 11.9 Å². The fourth-order valence-electron chi connectivity index (χ4n) is 1.92. The molecule has 0 aliphatic heterocycles. The Hall–Kier alpha value is -2.34. The Morgan fingerprint density at radius 3 is 2.76 bits per heavy atom. The molecular weight excluding hydrogens is 288 g/mol. The molecule has 2 rings (SSSR count). The first-order valence-corrected chi connectivity index (χ1v) is 7.41. The molecule has 0 aliphatic carbocycles. The molecule has 110 valence electrons. The summed E-state index contributed by atoms with van der Waals surface area (Å²) < 4.78 is 0. The molecule has 1 heterocycles. The van der Waals surface area contributed by atoms with E-state index in [4.69, 9.17) is 5.11 Å². The lowest BCUT2D eigenvalue weighted by atomic mass is 10.1. The van der Waals surface area contributed by atoms with Gasteiger partial charge in [0.15, 0.2) is 0 Å². The van der Waals surface area contributed by atoms with Gasteiger partial charge < -0.3 is 15.7 Å². The number of hydrogen-bond donors (Lipinski definition) is 3. The fourth-order valence-corrected chi connectivity index (χ4v) is 2.63. The number of carboxylic acid groups (broad SMARTS) is 1. The van der Waals surface area contributed by atoms with Crippen LogP contribution in [0.25, 0.3) is 0 Å². The Bertz CT molecular complexity index is 638. The van der Waals surface area contributed by atoms with Gasteiger partial charge in [-0.1, -0.05) is 12.1 Å². The number of amides is 2. The number of aromatic carboxylic acids is 1. The minimum absolute atomic E-state index is 0.0861. The van der Waals surface area contributed by atoms with Crippen molar-refractivity contribution >= 4 is 29.0 Å². The van der Waals surface area contributed by atoms with Crippen LogP contribution in [0.15, 0.2) is 35.0 Å². The second kappa shape index (κ2) is 6.90. The summed E-state index contributed by atoms with van der Waals surface area (Å²) in [5.74, 6) is -1.06. The van der Waals surface area contributed by atoms with E-state index in [1.807, 2.05) is 16.8 Å². The van der Waals surface area contributed by atoms with Gasteiger partial charge in [0.1, 0.15) is 0 Å². The van der Waals surface area contributed by atoms with Crippen LogP contribution in [0.4, 0.5) is 10.5 Å². The molecular formula is C15H16N2O3S. The van der Waals surface area contributed by atoms with Crippen molar-refractivity contribution in [3.63, 3.8) is 0 Å². The van der Waals surface area contributed by atoms with Crippen LogP contribution in [0, 0.1) is 6.92 Å². The Morgan fingerprint density at radius 1 is 1.29 bits per heavy atom. The maximum absolute atomic E-state index is 11.9. The predicted octanol–water partition coefficient (Wildman–Crippen LogP) is 3.12. The minimum atomic E-state index is -1.06. The molecule has 2 aromatic rings. The summed E-state index contributed by atoms with van der Waals surface area (Å²) in [6, 6.07) is 6.48. The zero-order valence-electron chi connectivity index (χ0n) is 11.6. The van der Waals surface area contributed by atoms with Crippen LogP contribution in [0.2, 0.25) is 0 Å². The number of urea groups is 1. The monoisotopic (exact) mass is 304 g/mol. The summed E-state index contributed by atoms with van der Waals surface area (Å²) in [4.78, 5) is 23.0. The lowest BCUT2D eigenvalue weighted by Crippen LogP contribution is -2.31. The van der Waals surface area contributed by atoms with Gasteiger partial charge in [-0.25, -0.2) is 9.59 Å². The fraction of sp³-hybridized carbons (Fsp3) is 0.200. The molecule has 0 atom stereocenters. The van der Waals surface area contributed by atoms with E-state index in [0.717, 1.165) is 6.42 Å². The van der Waals surface area contributed by atoms with Gasteiger partial charge in [-0.2, -0.15) is 11.3 Å². The molecule has 0 fully saturated rings. The van der Waals surface area contributed by atoms with E-state index >= 15 is 0 Å². The van der Waals surface area contributed by atoms with Gasteiger partial charge in [-0.05, 0) is 47.4 Å². The lowest BCUT2D eigenvalue weighted by Gasteiger charge is -2.12. The number of carbonyl (C=O) groups excluding carboxylic acids is 1. The molecule has 0 aliphatic rings. The standard InChI is InChI=1S/C15H16N2O3S/c1-10-3-2-4-12(14(18)19)13(10)17-15(20)16-7-5-11-6-8-21-9-11/h2-4,6,8-9H,5,7H2,1H3,(H,18,19)(H2,16,17,20). The van der Waals surface area contributed by atoms with Crippen LogP contribution in [0.3, 0.4) is 0 Å². The summed E-state index contributed by atoms with van der Waals surface area (Å²) in [5.41, 5.74) is 2.30. The highest BCUT2D eigenvalue weighted by Crippen LogP contribution is 2.20. The van der Waals surface area contributed by atoms with Crippen molar-refractivity contribution in [1.82, 2.24) is 5.32 Å². The molecule has 1 aromatic heterocycles. The Morgan fingerprint density at radius 2 is 2.10 bits per heavy atom. The van der Waals surface area contributed by atoms with Gasteiger partial charge in [0.25, 0.3) is 0 Å². The predicted molar refractivity (Wildman–Crippen MR) is 83.2 cm³/mol. The van der Waals surface area contributed by atoms with Gasteiger partial charge in [0.2, 0.25) is 0 Å². The number of nitrogens with one attached hydrogen (secondary N) is 2. The highest BCUT2D eigenvalue weighted by molar-refractivity contribution is 7.07. The second-order valence-corrected chi connectivity index (χ2v) is 5.35. The SMILES string of the molecule is Cc1cccc(C(=O)O)c1NC(=O)NCCc1ccsc1. The smallest absolute Gasteiger partial charge is 0.337 e. The van der Waals surface area contributed by atoms with Crippen LogP contribution >= 0.6 is 11.3 Å². The average Bonchev–Trinajstić information content (AvgIpc) is 2.94. The van der Waals surface area contributed by atoms with E-state index in [2.05, 4.69) is 10.6 Å². The third-order valence-electron chi connectivity index (χ3n) is 3.02. The first-order chi connectivity index (χ1) is 10.1. The molecule has 3 N–H and O–H groups in total. The summed E-state index contributed by atoms with van der Waals surface area (Å²) >= 11 is 1.61. The van der Waals surface area contributed by atoms with Crippen molar-refractivity contribution in [3.05, 3.63) is 51.7 Å². The average molecular weight is 304 g/mol. The molecule has 5 nitrogen and oxygen atoms in total. The third kappa shape index (κ3) is 4.06. The minimum Gasteiger partial charge on any atom is -0.478 e. The van der Waals surface area contributed by atoms with E-state index in [-0.39, 0.29) is 5.56 Å². The van der Waals surface area contributed by atoms with Gasteiger partial charge in [-0.15, -0.1) is 0 Å². The number of anilines is 1. The molecule has 0 unspecified atom stereocenters. The quantitative estimate of drug-likeness (QED) is 0.794. The highest BCUT2D eigenvalue weighted by Gasteiger charge is 2.14. The molecule has 0 saturated carbocycles. The second-order valence-electron chi connectivity index (χ2n) is 4.57. The number of carboxylic acids is 1. The van der Waals surface area contributed by atoms with E-state index in [1.165, 1.54) is 11.6 Å². The molecule has 21 heavy (non-hydrogen) atoms. The zero-order valence-corrected chi connectivity index (χ0v) is 12.4. The summed E-state index contributed by atoms with van der Waals surface area (Å²) in [7, 11) is 0. The Kier molecular flexibility index (Phi) is 4.94. The molecule has 0 bridgehead atoms. The van der Waals surface area contributed by atoms with Crippen molar-refractivity contribution < 1.29 is 14.7 Å². The molecule has 2 amide bonds. The van der Waals surface area contributed by atoms with Gasteiger partial charge in [0, 0.05) is 6.54 Å². The summed E-state index contributed by atoms with van der Waals surface area (Å²) in [6.45, 7) is 2.25. The largest absolute Gasteiger partial charge is 0.478 e. The summed E-state index contributed by atoms with van der Waals surface area (Å²) in [6.07, 6.45) is 0.747. The van der Waals surface area contributed by atoms with Crippen LogP contribution in [-0.2, 0) is 6.42 Å². The van der Waals surface area contributed by atoms with Crippen LogP contribution in [-0.4, -0.2) is 23.7 Å². The topological polar surface area (TPSA) is 78.4 Å². The van der Waals surface area contributed by atoms with E-state index in [9.17, 15) is 9.59 Å². The first kappa shape index (κ1) is 15.1. The lowest BCUT2D eigenvalue weighted by molar-refractivity contribution is 0.0698. The first-order valence-electron chi connectivity index (χ1n) is 6.47. The van der Waals surface area contributed by atoms with E-state index in [0.29, 0.717) is 17.8 Å². The number of para-hydroxylation sites is 1. The van der Waals surface area contributed by atoms with Crippen molar-refractivity contribution in [2.24, 2.45) is 0 Å². The Labute approximate surface area is 126 Å². The van der Waals surface area contributed by atoms with Gasteiger partial charge in [-0.3, -0.25) is 0 Å². The maximum Gasteiger partial charge on any atom is 0.337 e. The number of aryl methyl sites for hydroxylation is 1. The molecule has 1 aromatic carbocycles. The number of benzene rings is 1. The maximum atomic E-state index is 11.9. The van der Waals surface area contributed by atoms with E-state index < -0.39 is 12.0 Å². The number of carbonyl (C=O) groups is 2. The van der Waals surface area contributed by atoms with E-state index in [1.54, 1.807) is 30.4 Å². The number of rotatable bonds is 5. The third-order valence-corrected chi connectivity index (χ3v) is 3.75. The summed E-state index contributed by atoms with van der Waals surface area (Å²) in [5, 5.41) is 18.5. The van der Waals surface area contributed by atoms with Crippen molar-refractivity contribution in [1.29, 1.82) is 0 Å². The molecule has 6 heteroatoms. The van der Waals surface area contributed by atoms with Crippen molar-refractivity contribution in [3.8, 4) is 0 Å². The molecule has 0 spiro atoms. The molecule has 0 saturated heterocycles. The van der Waals surface area contributed by atoms with Gasteiger partial charge in [0.05, 0.1) is 11.3 Å². The highest BCUT2D eigenvalue weighted by atomic mass is 32.1.